The standard InChI is InChI=1S/C9H20N2/c1-8-7-11(4)9(2,3)5-6-10-8/h8,10H,5-7H2,1-4H3. The molecule has 0 saturated carbocycles. The second-order valence-corrected chi connectivity index (χ2v) is 4.30. The summed E-state index contributed by atoms with van der Waals surface area (Å²) in [7, 11) is 2.21. The van der Waals surface area contributed by atoms with E-state index in [1.54, 1.807) is 0 Å². The molecular weight excluding hydrogens is 136 g/mol. The molecule has 0 spiro atoms. The SMILES string of the molecule is CC1CN(C)C(C)(C)CCN1. The van der Waals surface area contributed by atoms with Crippen molar-refractivity contribution >= 4 is 0 Å². The number of hydrogen-bond donors (Lipinski definition) is 1. The zero-order valence-electron chi connectivity index (χ0n) is 8.15. The van der Waals surface area contributed by atoms with E-state index in [0.29, 0.717) is 11.6 Å². The van der Waals surface area contributed by atoms with Crippen molar-refractivity contribution in [2.24, 2.45) is 0 Å². The highest BCUT2D eigenvalue weighted by atomic mass is 15.2. The maximum atomic E-state index is 3.49. The Bertz CT molecular complexity index is 132. The van der Waals surface area contributed by atoms with Crippen molar-refractivity contribution in [3.8, 4) is 0 Å². The molecule has 1 atom stereocenters. The molecule has 66 valence electrons. The minimum absolute atomic E-state index is 0.373. The van der Waals surface area contributed by atoms with Crippen LogP contribution >= 0.6 is 0 Å². The fourth-order valence-corrected chi connectivity index (χ4v) is 1.54. The highest BCUT2D eigenvalue weighted by molar-refractivity contribution is 4.85. The maximum Gasteiger partial charge on any atom is 0.0166 e. The zero-order valence-corrected chi connectivity index (χ0v) is 8.15. The number of hydrogen-bond acceptors (Lipinski definition) is 2. The van der Waals surface area contributed by atoms with Gasteiger partial charge in [0.2, 0.25) is 0 Å². The molecule has 0 amide bonds. The molecule has 1 aliphatic rings. The molecule has 0 aromatic carbocycles. The van der Waals surface area contributed by atoms with Crippen LogP contribution in [0.25, 0.3) is 0 Å². The molecule has 2 heteroatoms. The third-order valence-corrected chi connectivity index (χ3v) is 2.81. The predicted octanol–water partition coefficient (Wildman–Crippen LogP) is 1.08. The van der Waals surface area contributed by atoms with Crippen LogP contribution in [0.2, 0.25) is 0 Å². The van der Waals surface area contributed by atoms with Gasteiger partial charge in [-0.3, -0.25) is 4.90 Å². The van der Waals surface area contributed by atoms with Crippen molar-refractivity contribution in [3.63, 3.8) is 0 Å². The van der Waals surface area contributed by atoms with E-state index < -0.39 is 0 Å². The van der Waals surface area contributed by atoms with E-state index in [1.807, 2.05) is 0 Å². The zero-order chi connectivity index (χ0) is 8.48. The molecule has 0 aromatic rings. The van der Waals surface area contributed by atoms with Gasteiger partial charge in [-0.05, 0) is 40.8 Å². The Hall–Kier alpha value is -0.0800. The molecule has 0 aromatic heterocycles. The van der Waals surface area contributed by atoms with Crippen LogP contribution in [0, 0.1) is 0 Å². The smallest absolute Gasteiger partial charge is 0.0166 e. The van der Waals surface area contributed by atoms with Gasteiger partial charge in [-0.25, -0.2) is 0 Å². The average Bonchev–Trinajstić information content (AvgIpc) is 1.94. The first kappa shape index (κ1) is 9.01. The van der Waals surface area contributed by atoms with Gasteiger partial charge in [0.05, 0.1) is 0 Å². The Balaban J connectivity index is 2.58. The van der Waals surface area contributed by atoms with Gasteiger partial charge in [0.1, 0.15) is 0 Å². The molecule has 1 aliphatic heterocycles. The van der Waals surface area contributed by atoms with Crippen molar-refractivity contribution in [2.45, 2.75) is 38.8 Å². The average molecular weight is 156 g/mol. The van der Waals surface area contributed by atoms with E-state index in [0.717, 1.165) is 13.1 Å². The molecule has 0 radical (unpaired) electrons. The van der Waals surface area contributed by atoms with E-state index in [1.165, 1.54) is 6.42 Å². The summed E-state index contributed by atoms with van der Waals surface area (Å²) in [5, 5.41) is 3.49. The van der Waals surface area contributed by atoms with Crippen LogP contribution < -0.4 is 5.32 Å². The first-order chi connectivity index (χ1) is 5.02. The van der Waals surface area contributed by atoms with Crippen LogP contribution in [0.5, 0.6) is 0 Å². The lowest BCUT2D eigenvalue weighted by Gasteiger charge is -2.33. The Morgan fingerprint density at radius 1 is 1.45 bits per heavy atom. The van der Waals surface area contributed by atoms with Gasteiger partial charge >= 0.3 is 0 Å². The van der Waals surface area contributed by atoms with Gasteiger partial charge < -0.3 is 5.32 Å². The minimum atomic E-state index is 0.373. The summed E-state index contributed by atoms with van der Waals surface area (Å²) in [6, 6.07) is 0.641. The number of nitrogens with zero attached hydrogens (tertiary/aromatic N) is 1. The van der Waals surface area contributed by atoms with E-state index in [4.69, 9.17) is 0 Å². The van der Waals surface area contributed by atoms with Crippen molar-refractivity contribution in [1.29, 1.82) is 0 Å². The van der Waals surface area contributed by atoms with Gasteiger partial charge in [-0.2, -0.15) is 0 Å². The second-order valence-electron chi connectivity index (χ2n) is 4.30. The number of rotatable bonds is 0. The van der Waals surface area contributed by atoms with Gasteiger partial charge in [0.25, 0.3) is 0 Å². The van der Waals surface area contributed by atoms with Crippen molar-refractivity contribution in [3.05, 3.63) is 0 Å². The van der Waals surface area contributed by atoms with Gasteiger partial charge in [-0.1, -0.05) is 0 Å². The lowest BCUT2D eigenvalue weighted by atomic mass is 9.99. The maximum absolute atomic E-state index is 3.49. The highest BCUT2D eigenvalue weighted by Gasteiger charge is 2.26. The van der Waals surface area contributed by atoms with Crippen LogP contribution in [-0.2, 0) is 0 Å². The molecule has 1 rings (SSSR count). The van der Waals surface area contributed by atoms with E-state index in [-0.39, 0.29) is 0 Å². The largest absolute Gasteiger partial charge is 0.313 e. The monoisotopic (exact) mass is 156 g/mol. The minimum Gasteiger partial charge on any atom is -0.313 e. The molecule has 1 saturated heterocycles. The highest BCUT2D eigenvalue weighted by Crippen LogP contribution is 2.18. The summed E-state index contributed by atoms with van der Waals surface area (Å²) >= 11 is 0. The first-order valence-corrected chi connectivity index (χ1v) is 4.47. The normalized spacial score (nSPS) is 33.3. The third kappa shape index (κ3) is 2.17. The van der Waals surface area contributed by atoms with Crippen LogP contribution in [0.1, 0.15) is 27.2 Å². The molecular formula is C9H20N2. The van der Waals surface area contributed by atoms with Crippen LogP contribution in [0.3, 0.4) is 0 Å². The summed E-state index contributed by atoms with van der Waals surface area (Å²) in [6.07, 6.45) is 1.24. The molecule has 11 heavy (non-hydrogen) atoms. The molecule has 2 nitrogen and oxygen atoms in total. The summed E-state index contributed by atoms with van der Waals surface area (Å²) in [6.45, 7) is 9.18. The van der Waals surface area contributed by atoms with Crippen molar-refractivity contribution in [2.75, 3.05) is 20.1 Å². The molecule has 1 unspecified atom stereocenters. The Kier molecular flexibility index (Phi) is 2.55. The topological polar surface area (TPSA) is 15.3 Å². The fraction of sp³-hybridized carbons (Fsp3) is 1.00. The van der Waals surface area contributed by atoms with E-state index in [9.17, 15) is 0 Å². The molecule has 0 bridgehead atoms. The lowest BCUT2D eigenvalue weighted by molar-refractivity contribution is 0.158. The Morgan fingerprint density at radius 3 is 2.73 bits per heavy atom. The lowest BCUT2D eigenvalue weighted by Crippen LogP contribution is -2.42. The predicted molar refractivity (Wildman–Crippen MR) is 48.8 cm³/mol. The van der Waals surface area contributed by atoms with E-state index in [2.05, 4.69) is 38.0 Å². The molecule has 1 fully saturated rings. The number of nitrogens with one attached hydrogen (secondary N) is 1. The Labute approximate surface area is 70.0 Å². The number of likely N-dealkylation sites (N-methyl/N-ethyl adjacent to an activating group) is 1. The van der Waals surface area contributed by atoms with Crippen LogP contribution in [0.15, 0.2) is 0 Å². The first-order valence-electron chi connectivity index (χ1n) is 4.47. The quantitative estimate of drug-likeness (QED) is 0.564. The molecule has 1 heterocycles. The summed E-state index contributed by atoms with van der Waals surface area (Å²) in [5.74, 6) is 0. The van der Waals surface area contributed by atoms with Crippen LogP contribution in [-0.4, -0.2) is 36.6 Å². The summed E-state index contributed by atoms with van der Waals surface area (Å²) in [4.78, 5) is 2.44. The van der Waals surface area contributed by atoms with Gasteiger partial charge in [-0.15, -0.1) is 0 Å². The second kappa shape index (κ2) is 3.11. The van der Waals surface area contributed by atoms with Gasteiger partial charge in [0, 0.05) is 18.1 Å². The van der Waals surface area contributed by atoms with Crippen molar-refractivity contribution < 1.29 is 0 Å². The van der Waals surface area contributed by atoms with E-state index >= 15 is 0 Å². The summed E-state index contributed by atoms with van der Waals surface area (Å²) in [5.41, 5.74) is 0.373. The van der Waals surface area contributed by atoms with Gasteiger partial charge in [0.15, 0.2) is 0 Å². The van der Waals surface area contributed by atoms with Crippen molar-refractivity contribution in [1.82, 2.24) is 10.2 Å². The summed E-state index contributed by atoms with van der Waals surface area (Å²) < 4.78 is 0. The van der Waals surface area contributed by atoms with Crippen LogP contribution in [0.4, 0.5) is 0 Å². The molecule has 1 N–H and O–H groups in total. The fourth-order valence-electron chi connectivity index (χ4n) is 1.54. The third-order valence-electron chi connectivity index (χ3n) is 2.81. The Morgan fingerprint density at radius 2 is 2.09 bits per heavy atom. The molecule has 0 aliphatic carbocycles.